The van der Waals surface area contributed by atoms with Crippen molar-refractivity contribution in [3.63, 3.8) is 0 Å². The van der Waals surface area contributed by atoms with Crippen LogP contribution in [0.2, 0.25) is 0 Å². The normalized spacial score (nSPS) is 10.7. The lowest BCUT2D eigenvalue weighted by Crippen LogP contribution is -2.34. The Bertz CT molecular complexity index is 1210. The van der Waals surface area contributed by atoms with Crippen LogP contribution in [0.3, 0.4) is 0 Å². The molecule has 2 heterocycles. The summed E-state index contributed by atoms with van der Waals surface area (Å²) in [4.78, 5) is 21.0. The van der Waals surface area contributed by atoms with Gasteiger partial charge in [0.25, 0.3) is 5.91 Å². The summed E-state index contributed by atoms with van der Waals surface area (Å²) in [5.41, 5.74) is 4.23. The number of amides is 1. The first-order valence-electron chi connectivity index (χ1n) is 8.70. The van der Waals surface area contributed by atoms with E-state index >= 15 is 0 Å². The smallest absolute Gasteiger partial charge is 0.257 e. The second kappa shape index (κ2) is 8.26. The molecule has 0 fully saturated rings. The van der Waals surface area contributed by atoms with Crippen molar-refractivity contribution in [1.82, 2.24) is 15.3 Å². The van der Waals surface area contributed by atoms with Crippen molar-refractivity contribution in [2.75, 3.05) is 5.32 Å². The molecule has 0 radical (unpaired) electrons. The standard InChI is InChI=1S/C21H15IN4O2S/c1-12-7-8-14(20-25-18-17(28-20)6-3-9-23-18)11-16(12)24-21(29)26-19(27)13-4-2-5-15(22)10-13/h2-11H,1H3,(H2,24,26,27,29). The van der Waals surface area contributed by atoms with Gasteiger partial charge >= 0.3 is 0 Å². The summed E-state index contributed by atoms with van der Waals surface area (Å²) in [6.07, 6.45) is 1.67. The number of anilines is 1. The summed E-state index contributed by atoms with van der Waals surface area (Å²) < 4.78 is 6.76. The number of aromatic nitrogens is 2. The molecule has 2 N–H and O–H groups in total. The number of pyridine rings is 1. The van der Waals surface area contributed by atoms with Crippen LogP contribution in [0, 0.1) is 10.5 Å². The number of oxazole rings is 1. The molecule has 4 rings (SSSR count). The number of thiocarbonyl (C=S) groups is 1. The van der Waals surface area contributed by atoms with Gasteiger partial charge in [-0.2, -0.15) is 4.98 Å². The van der Waals surface area contributed by atoms with E-state index in [1.54, 1.807) is 24.4 Å². The van der Waals surface area contributed by atoms with E-state index in [-0.39, 0.29) is 11.0 Å². The van der Waals surface area contributed by atoms with Crippen molar-refractivity contribution < 1.29 is 9.21 Å². The SMILES string of the molecule is Cc1ccc(-c2nc3ncccc3o2)cc1NC(=S)NC(=O)c1cccc(I)c1. The molecule has 8 heteroatoms. The number of hydrogen-bond acceptors (Lipinski definition) is 5. The number of carbonyl (C=O) groups excluding carboxylic acids is 1. The number of nitrogens with zero attached hydrogens (tertiary/aromatic N) is 2. The van der Waals surface area contributed by atoms with Gasteiger partial charge in [0.1, 0.15) is 0 Å². The van der Waals surface area contributed by atoms with E-state index in [9.17, 15) is 4.79 Å². The number of rotatable bonds is 3. The predicted molar refractivity (Wildman–Crippen MR) is 125 cm³/mol. The molecule has 0 aliphatic heterocycles. The number of nitrogens with one attached hydrogen (secondary N) is 2. The zero-order valence-corrected chi connectivity index (χ0v) is 18.2. The van der Waals surface area contributed by atoms with Crippen LogP contribution in [-0.2, 0) is 0 Å². The number of carbonyl (C=O) groups is 1. The third-order valence-corrected chi connectivity index (χ3v) is 5.09. The Balaban J connectivity index is 1.53. The van der Waals surface area contributed by atoms with Crippen LogP contribution < -0.4 is 10.6 Å². The van der Waals surface area contributed by atoms with E-state index in [1.165, 1.54) is 0 Å². The number of halogens is 1. The fourth-order valence-corrected chi connectivity index (χ4v) is 3.49. The quantitative estimate of drug-likeness (QED) is 0.298. The van der Waals surface area contributed by atoms with Gasteiger partial charge < -0.3 is 9.73 Å². The Morgan fingerprint density at radius 1 is 1.14 bits per heavy atom. The summed E-state index contributed by atoms with van der Waals surface area (Å²) in [7, 11) is 0. The van der Waals surface area contributed by atoms with Gasteiger partial charge in [0, 0.05) is 26.6 Å². The molecule has 144 valence electrons. The topological polar surface area (TPSA) is 80.1 Å². The van der Waals surface area contributed by atoms with Gasteiger partial charge in [-0.25, -0.2) is 4.98 Å². The van der Waals surface area contributed by atoms with E-state index in [1.807, 2.05) is 43.3 Å². The van der Waals surface area contributed by atoms with Gasteiger partial charge in [-0.15, -0.1) is 0 Å². The van der Waals surface area contributed by atoms with Gasteiger partial charge in [-0.1, -0.05) is 12.1 Å². The van der Waals surface area contributed by atoms with Crippen molar-refractivity contribution in [3.05, 3.63) is 75.5 Å². The van der Waals surface area contributed by atoms with Crippen LogP contribution in [0.4, 0.5) is 5.69 Å². The summed E-state index contributed by atoms with van der Waals surface area (Å²) in [5, 5.41) is 6.01. The third-order valence-electron chi connectivity index (χ3n) is 4.21. The van der Waals surface area contributed by atoms with Crippen LogP contribution >= 0.6 is 34.8 Å². The Kier molecular flexibility index (Phi) is 5.54. The maximum Gasteiger partial charge on any atom is 0.257 e. The number of benzene rings is 2. The molecule has 0 saturated heterocycles. The molecule has 6 nitrogen and oxygen atoms in total. The Hall–Kier alpha value is -2.85. The molecule has 2 aromatic heterocycles. The molecular formula is C21H15IN4O2S. The number of fused-ring (bicyclic) bond motifs is 1. The molecule has 4 aromatic rings. The van der Waals surface area contributed by atoms with Crippen molar-refractivity contribution in [1.29, 1.82) is 0 Å². The van der Waals surface area contributed by atoms with Crippen molar-refractivity contribution in [2.45, 2.75) is 6.92 Å². The largest absolute Gasteiger partial charge is 0.434 e. The highest BCUT2D eigenvalue weighted by Gasteiger charge is 2.13. The molecule has 0 spiro atoms. The van der Waals surface area contributed by atoms with E-state index in [2.05, 4.69) is 43.2 Å². The molecular weight excluding hydrogens is 499 g/mol. The first-order valence-corrected chi connectivity index (χ1v) is 10.2. The van der Waals surface area contributed by atoms with E-state index < -0.39 is 0 Å². The summed E-state index contributed by atoms with van der Waals surface area (Å²) in [6, 6.07) is 16.6. The van der Waals surface area contributed by atoms with Gasteiger partial charge in [0.05, 0.1) is 0 Å². The molecule has 2 aromatic carbocycles. The van der Waals surface area contributed by atoms with Gasteiger partial charge in [0.15, 0.2) is 16.3 Å². The van der Waals surface area contributed by atoms with E-state index in [0.29, 0.717) is 22.7 Å². The molecule has 0 saturated carbocycles. The second-order valence-electron chi connectivity index (χ2n) is 6.29. The monoisotopic (exact) mass is 514 g/mol. The fraction of sp³-hybridized carbons (Fsp3) is 0.0476. The lowest BCUT2D eigenvalue weighted by molar-refractivity contribution is 0.0977. The lowest BCUT2D eigenvalue weighted by Gasteiger charge is -2.12. The average Bonchev–Trinajstić information content (AvgIpc) is 3.14. The van der Waals surface area contributed by atoms with Crippen LogP contribution in [0.5, 0.6) is 0 Å². The minimum atomic E-state index is -0.264. The summed E-state index contributed by atoms with van der Waals surface area (Å²) in [5.74, 6) is 0.204. The number of aryl methyl sites for hydroxylation is 1. The minimum absolute atomic E-state index is 0.216. The maximum atomic E-state index is 12.4. The Morgan fingerprint density at radius 3 is 2.79 bits per heavy atom. The van der Waals surface area contributed by atoms with Gasteiger partial charge in [-0.05, 0) is 89.8 Å². The lowest BCUT2D eigenvalue weighted by atomic mass is 10.1. The van der Waals surface area contributed by atoms with Crippen LogP contribution in [-0.4, -0.2) is 21.0 Å². The highest BCUT2D eigenvalue weighted by atomic mass is 127. The third kappa shape index (κ3) is 4.43. The van der Waals surface area contributed by atoms with Crippen LogP contribution in [0.25, 0.3) is 22.7 Å². The van der Waals surface area contributed by atoms with Crippen molar-refractivity contribution in [3.8, 4) is 11.5 Å². The molecule has 1 amide bonds. The summed E-state index contributed by atoms with van der Waals surface area (Å²) in [6.45, 7) is 1.95. The van der Waals surface area contributed by atoms with Crippen molar-refractivity contribution >= 4 is 62.7 Å². The Morgan fingerprint density at radius 2 is 2.00 bits per heavy atom. The molecule has 0 atom stereocenters. The minimum Gasteiger partial charge on any atom is -0.434 e. The first-order chi connectivity index (χ1) is 14.0. The molecule has 0 aliphatic carbocycles. The van der Waals surface area contributed by atoms with Crippen LogP contribution in [0.1, 0.15) is 15.9 Å². The fourth-order valence-electron chi connectivity index (χ4n) is 2.74. The van der Waals surface area contributed by atoms with E-state index in [0.717, 1.165) is 20.4 Å². The Labute approximate surface area is 185 Å². The molecule has 0 unspecified atom stereocenters. The van der Waals surface area contributed by atoms with E-state index in [4.69, 9.17) is 16.6 Å². The predicted octanol–water partition coefficient (Wildman–Crippen LogP) is 4.93. The van der Waals surface area contributed by atoms with Gasteiger partial charge in [0.2, 0.25) is 5.89 Å². The molecule has 0 aliphatic rings. The zero-order valence-electron chi connectivity index (χ0n) is 15.3. The first kappa shape index (κ1) is 19.5. The van der Waals surface area contributed by atoms with Crippen molar-refractivity contribution in [2.24, 2.45) is 0 Å². The van der Waals surface area contributed by atoms with Crippen LogP contribution in [0.15, 0.2) is 65.2 Å². The highest BCUT2D eigenvalue weighted by molar-refractivity contribution is 14.1. The molecule has 29 heavy (non-hydrogen) atoms. The average molecular weight is 514 g/mol. The highest BCUT2D eigenvalue weighted by Crippen LogP contribution is 2.27. The maximum absolute atomic E-state index is 12.4. The second-order valence-corrected chi connectivity index (χ2v) is 7.95. The molecule has 0 bridgehead atoms. The summed E-state index contributed by atoms with van der Waals surface area (Å²) >= 11 is 7.48. The zero-order chi connectivity index (χ0) is 20.4. The van der Waals surface area contributed by atoms with Gasteiger partial charge in [-0.3, -0.25) is 10.1 Å². The number of hydrogen-bond donors (Lipinski definition) is 2.